The molecule has 0 saturated heterocycles. The van der Waals surface area contributed by atoms with E-state index in [1.807, 2.05) is 6.92 Å². The molecule has 1 aromatic rings. The molecule has 0 amide bonds. The number of esters is 1. The number of hydrogen-bond donors (Lipinski definition) is 1. The van der Waals surface area contributed by atoms with Crippen LogP contribution in [-0.4, -0.2) is 26.3 Å². The van der Waals surface area contributed by atoms with Gasteiger partial charge in [0.15, 0.2) is 11.5 Å². The first-order valence-electron chi connectivity index (χ1n) is 4.92. The van der Waals surface area contributed by atoms with Gasteiger partial charge in [0.2, 0.25) is 0 Å². The van der Waals surface area contributed by atoms with Gasteiger partial charge in [-0.2, -0.15) is 0 Å². The molecule has 1 aromatic carbocycles. The van der Waals surface area contributed by atoms with E-state index in [1.165, 1.54) is 7.11 Å². The Morgan fingerprint density at radius 1 is 1.38 bits per heavy atom. The van der Waals surface area contributed by atoms with Crippen molar-refractivity contribution in [1.29, 1.82) is 0 Å². The fourth-order valence-corrected chi connectivity index (χ4v) is 1.71. The van der Waals surface area contributed by atoms with E-state index in [2.05, 4.69) is 4.74 Å². The lowest BCUT2D eigenvalue weighted by atomic mass is 10.1. The topological polar surface area (TPSA) is 70.8 Å². The zero-order chi connectivity index (χ0) is 11.7. The average Bonchev–Trinajstić information content (AvgIpc) is 2.28. The van der Waals surface area contributed by atoms with Gasteiger partial charge in [0, 0.05) is 0 Å². The Morgan fingerprint density at radius 2 is 2.00 bits per heavy atom. The third kappa shape index (κ3) is 1.54. The summed E-state index contributed by atoms with van der Waals surface area (Å²) in [5, 5.41) is 0. The van der Waals surface area contributed by atoms with Gasteiger partial charge in [-0.1, -0.05) is 0 Å². The number of methoxy groups -OCH3 is 1. The van der Waals surface area contributed by atoms with Crippen LogP contribution < -0.4 is 15.2 Å². The number of aryl methyl sites for hydroxylation is 1. The van der Waals surface area contributed by atoms with Gasteiger partial charge in [0.1, 0.15) is 18.8 Å². The van der Waals surface area contributed by atoms with Crippen molar-refractivity contribution < 1.29 is 19.0 Å². The Labute approximate surface area is 93.1 Å². The smallest absolute Gasteiger partial charge is 0.343 e. The summed E-state index contributed by atoms with van der Waals surface area (Å²) >= 11 is 0. The van der Waals surface area contributed by atoms with Crippen molar-refractivity contribution >= 4 is 11.7 Å². The van der Waals surface area contributed by atoms with E-state index in [0.717, 1.165) is 5.56 Å². The van der Waals surface area contributed by atoms with Crippen LogP contribution in [0.3, 0.4) is 0 Å². The molecule has 1 aliphatic heterocycles. The van der Waals surface area contributed by atoms with Crippen LogP contribution in [0.2, 0.25) is 0 Å². The number of ether oxygens (including phenoxy) is 3. The predicted molar refractivity (Wildman–Crippen MR) is 57.9 cm³/mol. The molecule has 2 rings (SSSR count). The van der Waals surface area contributed by atoms with Gasteiger partial charge < -0.3 is 19.9 Å². The van der Waals surface area contributed by atoms with E-state index in [0.29, 0.717) is 30.4 Å². The van der Waals surface area contributed by atoms with E-state index < -0.39 is 5.97 Å². The zero-order valence-corrected chi connectivity index (χ0v) is 9.20. The van der Waals surface area contributed by atoms with Crippen molar-refractivity contribution in [2.75, 3.05) is 26.1 Å². The number of rotatable bonds is 1. The highest BCUT2D eigenvalue weighted by Crippen LogP contribution is 2.40. The van der Waals surface area contributed by atoms with Gasteiger partial charge in [0.25, 0.3) is 0 Å². The summed E-state index contributed by atoms with van der Waals surface area (Å²) < 4.78 is 15.6. The molecule has 0 radical (unpaired) electrons. The molecule has 0 unspecified atom stereocenters. The molecule has 0 atom stereocenters. The normalized spacial score (nSPS) is 13.4. The van der Waals surface area contributed by atoms with Gasteiger partial charge in [-0.15, -0.1) is 0 Å². The van der Waals surface area contributed by atoms with Gasteiger partial charge in [-0.3, -0.25) is 0 Å². The minimum Gasteiger partial charge on any atom is -0.486 e. The maximum atomic E-state index is 11.6. The highest BCUT2D eigenvalue weighted by molar-refractivity contribution is 5.99. The average molecular weight is 223 g/mol. The molecule has 0 aromatic heterocycles. The number of hydrogen-bond acceptors (Lipinski definition) is 5. The summed E-state index contributed by atoms with van der Waals surface area (Å²) in [5.41, 5.74) is 7.21. The van der Waals surface area contributed by atoms with Crippen molar-refractivity contribution in [1.82, 2.24) is 0 Å². The molecule has 86 valence electrons. The van der Waals surface area contributed by atoms with Crippen molar-refractivity contribution in [3.63, 3.8) is 0 Å². The maximum Gasteiger partial charge on any atom is 0.343 e. The first-order chi connectivity index (χ1) is 7.65. The van der Waals surface area contributed by atoms with Crippen molar-refractivity contribution in [2.24, 2.45) is 0 Å². The lowest BCUT2D eigenvalue weighted by molar-refractivity contribution is 0.0592. The number of carbonyl (C=O) groups excluding carboxylic acids is 1. The largest absolute Gasteiger partial charge is 0.486 e. The molecule has 1 aliphatic rings. The zero-order valence-electron chi connectivity index (χ0n) is 9.20. The second-order valence-corrected chi connectivity index (χ2v) is 3.50. The Hall–Kier alpha value is -1.91. The van der Waals surface area contributed by atoms with Crippen LogP contribution in [0.5, 0.6) is 11.5 Å². The van der Waals surface area contributed by atoms with Gasteiger partial charge in [-0.05, 0) is 18.6 Å². The van der Waals surface area contributed by atoms with E-state index in [4.69, 9.17) is 15.2 Å². The number of carbonyl (C=O) groups is 1. The monoisotopic (exact) mass is 223 g/mol. The van der Waals surface area contributed by atoms with E-state index in [1.54, 1.807) is 6.07 Å². The fourth-order valence-electron chi connectivity index (χ4n) is 1.71. The molecule has 1 heterocycles. The summed E-state index contributed by atoms with van der Waals surface area (Å²) in [6.45, 7) is 2.73. The first-order valence-corrected chi connectivity index (χ1v) is 4.92. The third-order valence-corrected chi connectivity index (χ3v) is 2.42. The molecule has 0 saturated carbocycles. The number of nitrogens with two attached hydrogens (primary N) is 1. The molecular weight excluding hydrogens is 210 g/mol. The highest BCUT2D eigenvalue weighted by Gasteiger charge is 2.25. The van der Waals surface area contributed by atoms with Gasteiger partial charge >= 0.3 is 5.97 Å². The van der Waals surface area contributed by atoms with Crippen LogP contribution in [0.15, 0.2) is 6.07 Å². The molecule has 0 aliphatic carbocycles. The molecular formula is C11H13NO4. The maximum absolute atomic E-state index is 11.6. The molecule has 2 N–H and O–H groups in total. The second-order valence-electron chi connectivity index (χ2n) is 3.50. The van der Waals surface area contributed by atoms with Crippen LogP contribution in [0.1, 0.15) is 15.9 Å². The first kappa shape index (κ1) is 10.6. The summed E-state index contributed by atoms with van der Waals surface area (Å²) in [6.07, 6.45) is 0. The van der Waals surface area contributed by atoms with Crippen molar-refractivity contribution in [3.05, 3.63) is 17.2 Å². The highest BCUT2D eigenvalue weighted by atomic mass is 16.6. The Kier molecular flexibility index (Phi) is 2.60. The van der Waals surface area contributed by atoms with E-state index in [-0.39, 0.29) is 5.56 Å². The molecule has 0 bridgehead atoms. The van der Waals surface area contributed by atoms with Crippen molar-refractivity contribution in [2.45, 2.75) is 6.92 Å². The third-order valence-electron chi connectivity index (χ3n) is 2.42. The van der Waals surface area contributed by atoms with E-state index >= 15 is 0 Å². The molecule has 16 heavy (non-hydrogen) atoms. The lowest BCUT2D eigenvalue weighted by Crippen LogP contribution is -2.20. The number of benzene rings is 1. The predicted octanol–water partition coefficient (Wildman–Crippen LogP) is 1.14. The summed E-state index contributed by atoms with van der Waals surface area (Å²) in [5.74, 6) is 0.440. The second kappa shape index (κ2) is 3.92. The molecule has 0 spiro atoms. The van der Waals surface area contributed by atoms with E-state index in [9.17, 15) is 4.79 Å². The number of nitrogen functional groups attached to an aromatic ring is 1. The summed E-state index contributed by atoms with van der Waals surface area (Å²) in [6, 6.07) is 1.68. The van der Waals surface area contributed by atoms with Crippen LogP contribution in [0.25, 0.3) is 0 Å². The Bertz CT molecular complexity index is 442. The molecule has 0 fully saturated rings. The van der Waals surface area contributed by atoms with Crippen molar-refractivity contribution in [3.8, 4) is 11.5 Å². The van der Waals surface area contributed by atoms with Crippen LogP contribution in [0.4, 0.5) is 5.69 Å². The van der Waals surface area contributed by atoms with Crippen LogP contribution in [0, 0.1) is 6.92 Å². The minimum atomic E-state index is -0.515. The lowest BCUT2D eigenvalue weighted by Gasteiger charge is -2.23. The van der Waals surface area contributed by atoms with Crippen LogP contribution >= 0.6 is 0 Å². The number of anilines is 1. The Balaban J connectivity index is 2.63. The van der Waals surface area contributed by atoms with Gasteiger partial charge in [-0.25, -0.2) is 4.79 Å². The molecule has 5 heteroatoms. The van der Waals surface area contributed by atoms with Gasteiger partial charge in [0.05, 0.1) is 12.8 Å². The minimum absolute atomic E-state index is 0.239. The quantitative estimate of drug-likeness (QED) is 0.571. The summed E-state index contributed by atoms with van der Waals surface area (Å²) in [7, 11) is 1.30. The number of fused-ring (bicyclic) bond motifs is 1. The summed E-state index contributed by atoms with van der Waals surface area (Å²) in [4.78, 5) is 11.6. The standard InChI is InChI=1S/C11H13NO4/c1-6-5-7(12)8(11(13)14-2)10-9(6)15-3-4-16-10/h5H,3-4,12H2,1-2H3. The van der Waals surface area contributed by atoms with Crippen LogP contribution in [-0.2, 0) is 4.74 Å². The SMILES string of the molecule is COC(=O)c1c(N)cc(C)c2c1OCCO2. The molecule has 5 nitrogen and oxygen atoms in total. The Morgan fingerprint density at radius 3 is 2.62 bits per heavy atom. The fraction of sp³-hybridized carbons (Fsp3) is 0.364.